The fourth-order valence-electron chi connectivity index (χ4n) is 2.01. The van der Waals surface area contributed by atoms with Crippen LogP contribution in [-0.4, -0.2) is 42.5 Å². The minimum Gasteiger partial charge on any atom is -0.508 e. The first-order valence-corrected chi connectivity index (χ1v) is 6.24. The van der Waals surface area contributed by atoms with E-state index in [0.29, 0.717) is 13.2 Å². The van der Waals surface area contributed by atoms with Gasteiger partial charge in [-0.3, -0.25) is 0 Å². The van der Waals surface area contributed by atoms with Crippen molar-refractivity contribution in [1.29, 1.82) is 0 Å². The molecule has 0 amide bonds. The molecule has 1 N–H and O–H groups in total. The summed E-state index contributed by atoms with van der Waals surface area (Å²) in [6.45, 7) is 0.831. The van der Waals surface area contributed by atoms with Gasteiger partial charge in [0.05, 0.1) is 20.3 Å². The second-order valence-corrected chi connectivity index (χ2v) is 4.60. The number of fused-ring (bicyclic) bond motifs is 1. The number of phenols is 1. The average Bonchev–Trinajstić information content (AvgIpc) is 2.42. The third kappa shape index (κ3) is 2.47. The number of carbonyl (C=O) groups excluding carboxylic acids is 1. The molecule has 1 aliphatic rings. The normalized spacial score (nSPS) is 14.8. The number of phenolic OH excluding ortho intramolecular Hbond substituents is 1. The van der Waals surface area contributed by atoms with Crippen LogP contribution in [0.1, 0.15) is 10.5 Å². The average molecular weight is 293 g/mol. The van der Waals surface area contributed by atoms with Crippen molar-refractivity contribution in [3.63, 3.8) is 0 Å². The van der Waals surface area contributed by atoms with E-state index >= 15 is 0 Å². The molecule has 0 aliphatic carbocycles. The lowest BCUT2D eigenvalue weighted by Crippen LogP contribution is -2.38. The highest BCUT2D eigenvalue weighted by atomic mass is 19.1. The van der Waals surface area contributed by atoms with Gasteiger partial charge in [0, 0.05) is 17.5 Å². The lowest BCUT2D eigenvalue weighted by molar-refractivity contribution is -0.0791. The number of aromatic nitrogens is 1. The molecule has 7 heteroatoms. The first kappa shape index (κ1) is 13.6. The summed E-state index contributed by atoms with van der Waals surface area (Å²) >= 11 is 0. The molecule has 1 fully saturated rings. The molecule has 0 bridgehead atoms. The third-order valence-electron chi connectivity index (χ3n) is 3.11. The van der Waals surface area contributed by atoms with Gasteiger partial charge in [0.25, 0.3) is 0 Å². The maximum absolute atomic E-state index is 14.0. The van der Waals surface area contributed by atoms with Crippen LogP contribution in [0.2, 0.25) is 0 Å². The van der Waals surface area contributed by atoms with Crippen LogP contribution in [0, 0.1) is 5.82 Å². The fourth-order valence-corrected chi connectivity index (χ4v) is 2.01. The van der Waals surface area contributed by atoms with Crippen LogP contribution in [0.3, 0.4) is 0 Å². The van der Waals surface area contributed by atoms with Crippen molar-refractivity contribution >= 4 is 16.9 Å². The third-order valence-corrected chi connectivity index (χ3v) is 3.11. The summed E-state index contributed by atoms with van der Waals surface area (Å²) in [5.74, 6) is -1.43. The van der Waals surface area contributed by atoms with Crippen LogP contribution in [0.25, 0.3) is 10.9 Å². The first-order chi connectivity index (χ1) is 10.1. The minimum atomic E-state index is -0.745. The van der Waals surface area contributed by atoms with Gasteiger partial charge in [-0.15, -0.1) is 0 Å². The van der Waals surface area contributed by atoms with Gasteiger partial charge in [0.2, 0.25) is 0 Å². The second kappa shape index (κ2) is 5.17. The number of hydrogen-bond donors (Lipinski definition) is 1. The molecule has 21 heavy (non-hydrogen) atoms. The molecular formula is C14H12FNO5. The molecule has 110 valence electrons. The van der Waals surface area contributed by atoms with E-state index in [0.717, 1.165) is 6.07 Å². The van der Waals surface area contributed by atoms with Crippen LogP contribution < -0.4 is 4.74 Å². The summed E-state index contributed by atoms with van der Waals surface area (Å²) in [7, 11) is 1.21. The molecule has 0 unspecified atom stereocenters. The van der Waals surface area contributed by atoms with Gasteiger partial charge in [-0.1, -0.05) is 0 Å². The van der Waals surface area contributed by atoms with E-state index in [-0.39, 0.29) is 34.2 Å². The van der Waals surface area contributed by atoms with Crippen LogP contribution in [-0.2, 0) is 9.47 Å². The summed E-state index contributed by atoms with van der Waals surface area (Å²) < 4.78 is 29.2. The number of methoxy groups -OCH3 is 1. The molecule has 1 aliphatic heterocycles. The van der Waals surface area contributed by atoms with Gasteiger partial charge in [0.1, 0.15) is 23.1 Å². The Morgan fingerprint density at radius 1 is 1.43 bits per heavy atom. The Bertz CT molecular complexity index is 714. The second-order valence-electron chi connectivity index (χ2n) is 4.60. The lowest BCUT2D eigenvalue weighted by atomic mass is 10.1. The maximum atomic E-state index is 14.0. The molecule has 1 aromatic heterocycles. The number of hydrogen-bond acceptors (Lipinski definition) is 6. The van der Waals surface area contributed by atoms with Gasteiger partial charge < -0.3 is 19.3 Å². The first-order valence-electron chi connectivity index (χ1n) is 6.24. The molecule has 1 aromatic carbocycles. The summed E-state index contributed by atoms with van der Waals surface area (Å²) in [5.41, 5.74) is -0.129. The van der Waals surface area contributed by atoms with Gasteiger partial charge in [0.15, 0.2) is 11.5 Å². The zero-order chi connectivity index (χ0) is 15.0. The number of halogens is 1. The number of benzene rings is 1. The van der Waals surface area contributed by atoms with Crippen molar-refractivity contribution in [3.05, 3.63) is 29.7 Å². The van der Waals surface area contributed by atoms with E-state index in [9.17, 15) is 14.3 Å². The molecule has 0 atom stereocenters. The van der Waals surface area contributed by atoms with Crippen LogP contribution >= 0.6 is 0 Å². The summed E-state index contributed by atoms with van der Waals surface area (Å²) in [5, 5.41) is 9.81. The van der Waals surface area contributed by atoms with Gasteiger partial charge in [-0.25, -0.2) is 14.2 Å². The number of rotatable bonds is 3. The Balaban J connectivity index is 2.17. The van der Waals surface area contributed by atoms with Crippen LogP contribution in [0.15, 0.2) is 18.2 Å². The van der Waals surface area contributed by atoms with E-state index < -0.39 is 11.8 Å². The van der Waals surface area contributed by atoms with E-state index in [2.05, 4.69) is 9.72 Å². The molecule has 6 nitrogen and oxygen atoms in total. The van der Waals surface area contributed by atoms with Gasteiger partial charge >= 0.3 is 5.97 Å². The van der Waals surface area contributed by atoms with Crippen molar-refractivity contribution in [3.8, 4) is 11.5 Å². The summed E-state index contributed by atoms with van der Waals surface area (Å²) in [6.07, 6.45) is -0.175. The Morgan fingerprint density at radius 2 is 2.19 bits per heavy atom. The van der Waals surface area contributed by atoms with Crippen molar-refractivity contribution in [1.82, 2.24) is 4.98 Å². The molecule has 0 spiro atoms. The highest BCUT2D eigenvalue weighted by molar-refractivity contribution is 5.94. The number of esters is 1. The Hall–Kier alpha value is -2.41. The minimum absolute atomic E-state index is 0.0639. The zero-order valence-corrected chi connectivity index (χ0v) is 11.1. The molecule has 3 rings (SSSR count). The molecule has 2 heterocycles. The van der Waals surface area contributed by atoms with Crippen LogP contribution in [0.5, 0.6) is 11.5 Å². The SMILES string of the molecule is COC(=O)c1cc(OC2COC2)c2cc(O)cc(F)c2n1. The zero-order valence-electron chi connectivity index (χ0n) is 11.1. The predicted molar refractivity (Wildman–Crippen MR) is 69.9 cm³/mol. The smallest absolute Gasteiger partial charge is 0.356 e. The van der Waals surface area contributed by atoms with E-state index in [1.165, 1.54) is 19.2 Å². The summed E-state index contributed by atoms with van der Waals surface area (Å²) in [4.78, 5) is 15.5. The van der Waals surface area contributed by atoms with Crippen molar-refractivity contribution in [2.75, 3.05) is 20.3 Å². The Labute approximate surface area is 119 Å². The molecular weight excluding hydrogens is 281 g/mol. The van der Waals surface area contributed by atoms with Gasteiger partial charge in [-0.2, -0.15) is 0 Å². The Kier molecular flexibility index (Phi) is 3.34. The highest BCUT2D eigenvalue weighted by Gasteiger charge is 2.23. The molecule has 0 saturated carbocycles. The lowest BCUT2D eigenvalue weighted by Gasteiger charge is -2.27. The Morgan fingerprint density at radius 3 is 2.81 bits per heavy atom. The van der Waals surface area contributed by atoms with Crippen molar-refractivity contribution in [2.45, 2.75) is 6.10 Å². The highest BCUT2D eigenvalue weighted by Crippen LogP contribution is 2.32. The number of nitrogens with zero attached hydrogens (tertiary/aromatic N) is 1. The monoisotopic (exact) mass is 293 g/mol. The van der Waals surface area contributed by atoms with E-state index in [4.69, 9.17) is 9.47 Å². The van der Waals surface area contributed by atoms with Crippen molar-refractivity contribution < 1.29 is 28.5 Å². The predicted octanol–water partition coefficient (Wildman–Crippen LogP) is 1.64. The standard InChI is InChI=1S/C14H12FNO5/c1-19-14(18)11-4-12(21-8-5-20-6-8)9-2-7(17)3-10(15)13(9)16-11/h2-4,8,17H,5-6H2,1H3. The topological polar surface area (TPSA) is 77.9 Å². The maximum Gasteiger partial charge on any atom is 0.356 e. The fraction of sp³-hybridized carbons (Fsp3) is 0.286. The number of pyridine rings is 1. The molecule has 1 saturated heterocycles. The van der Waals surface area contributed by atoms with Crippen LogP contribution in [0.4, 0.5) is 4.39 Å². The van der Waals surface area contributed by atoms with Crippen molar-refractivity contribution in [2.24, 2.45) is 0 Å². The largest absolute Gasteiger partial charge is 0.508 e. The van der Waals surface area contributed by atoms with E-state index in [1.54, 1.807) is 0 Å². The quantitative estimate of drug-likeness (QED) is 0.867. The molecule has 0 radical (unpaired) electrons. The van der Waals surface area contributed by atoms with Gasteiger partial charge in [-0.05, 0) is 6.07 Å². The number of ether oxygens (including phenoxy) is 3. The summed E-state index contributed by atoms with van der Waals surface area (Å²) in [6, 6.07) is 3.62. The van der Waals surface area contributed by atoms with E-state index in [1.807, 2.05) is 0 Å². The number of aromatic hydroxyl groups is 1. The number of carbonyl (C=O) groups is 1. The molecule has 2 aromatic rings.